The third-order valence-corrected chi connectivity index (χ3v) is 3.19. The highest BCUT2D eigenvalue weighted by Gasteiger charge is 2.25. The van der Waals surface area contributed by atoms with E-state index in [1.807, 2.05) is 0 Å². The Labute approximate surface area is 105 Å². The Hall–Kier alpha value is -1.62. The van der Waals surface area contributed by atoms with Gasteiger partial charge in [0, 0.05) is 18.8 Å². The van der Waals surface area contributed by atoms with Crippen LogP contribution in [-0.2, 0) is 0 Å². The number of halogens is 1. The lowest BCUT2D eigenvalue weighted by molar-refractivity contribution is 0.0470. The molecule has 1 amide bonds. The Balaban J connectivity index is 2.28. The van der Waals surface area contributed by atoms with Crippen LogP contribution >= 0.6 is 0 Å². The van der Waals surface area contributed by atoms with Crippen molar-refractivity contribution in [2.75, 3.05) is 18.8 Å². The van der Waals surface area contributed by atoms with Gasteiger partial charge in [-0.3, -0.25) is 4.79 Å². The number of amides is 1. The molecule has 0 aromatic heterocycles. The molecule has 0 radical (unpaired) electrons. The molecule has 0 saturated carbocycles. The van der Waals surface area contributed by atoms with Crippen molar-refractivity contribution in [3.63, 3.8) is 0 Å². The van der Waals surface area contributed by atoms with Crippen LogP contribution in [0, 0.1) is 12.7 Å². The zero-order valence-electron chi connectivity index (χ0n) is 10.3. The number of aliphatic hydroxyl groups excluding tert-OH is 1. The van der Waals surface area contributed by atoms with Crippen molar-refractivity contribution in [3.05, 3.63) is 29.1 Å². The van der Waals surface area contributed by atoms with E-state index in [9.17, 15) is 14.3 Å². The van der Waals surface area contributed by atoms with Gasteiger partial charge < -0.3 is 15.7 Å². The van der Waals surface area contributed by atoms with E-state index in [4.69, 9.17) is 5.73 Å². The lowest BCUT2D eigenvalue weighted by atomic mass is 10.0. The summed E-state index contributed by atoms with van der Waals surface area (Å²) in [5, 5.41) is 9.54. The number of aryl methyl sites for hydroxylation is 1. The van der Waals surface area contributed by atoms with Crippen LogP contribution < -0.4 is 5.73 Å². The predicted octanol–water partition coefficient (Wildman–Crippen LogP) is 1.31. The first-order chi connectivity index (χ1) is 8.49. The number of likely N-dealkylation sites (tertiary alicyclic amines) is 1. The smallest absolute Gasteiger partial charge is 0.257 e. The Morgan fingerprint density at radius 1 is 1.56 bits per heavy atom. The van der Waals surface area contributed by atoms with E-state index >= 15 is 0 Å². The summed E-state index contributed by atoms with van der Waals surface area (Å²) >= 11 is 0. The van der Waals surface area contributed by atoms with Crippen molar-refractivity contribution in [2.45, 2.75) is 25.9 Å². The van der Waals surface area contributed by atoms with Gasteiger partial charge in [0.2, 0.25) is 0 Å². The lowest BCUT2D eigenvalue weighted by Gasteiger charge is -2.30. The fourth-order valence-electron chi connectivity index (χ4n) is 2.26. The number of hydrogen-bond donors (Lipinski definition) is 2. The van der Waals surface area contributed by atoms with Crippen LogP contribution in [-0.4, -0.2) is 35.1 Å². The summed E-state index contributed by atoms with van der Waals surface area (Å²) in [5.41, 5.74) is 6.35. The van der Waals surface area contributed by atoms with Crippen LogP contribution in [0.15, 0.2) is 12.1 Å². The maximum Gasteiger partial charge on any atom is 0.257 e. The second-order valence-electron chi connectivity index (χ2n) is 4.75. The average molecular weight is 252 g/mol. The second-order valence-corrected chi connectivity index (χ2v) is 4.75. The first kappa shape index (κ1) is 12.8. The topological polar surface area (TPSA) is 66.6 Å². The summed E-state index contributed by atoms with van der Waals surface area (Å²) in [6, 6.07) is 2.85. The molecule has 1 aromatic carbocycles. The zero-order chi connectivity index (χ0) is 13.3. The Bertz CT molecular complexity index is 476. The lowest BCUT2D eigenvalue weighted by Crippen LogP contribution is -2.42. The molecule has 2 rings (SSSR count). The minimum absolute atomic E-state index is 0.0124. The molecule has 1 saturated heterocycles. The van der Waals surface area contributed by atoms with Gasteiger partial charge in [-0.2, -0.15) is 0 Å². The number of nitrogens with two attached hydrogens (primary N) is 1. The van der Waals surface area contributed by atoms with Gasteiger partial charge in [-0.15, -0.1) is 0 Å². The summed E-state index contributed by atoms with van der Waals surface area (Å²) in [4.78, 5) is 13.7. The van der Waals surface area contributed by atoms with Crippen LogP contribution in [0.5, 0.6) is 0 Å². The number of nitrogen functional groups attached to an aromatic ring is 1. The highest BCUT2D eigenvalue weighted by Crippen LogP contribution is 2.20. The van der Waals surface area contributed by atoms with E-state index in [2.05, 4.69) is 0 Å². The van der Waals surface area contributed by atoms with Crippen molar-refractivity contribution in [1.29, 1.82) is 0 Å². The number of β-amino-alcohol motifs (C(OH)–C–C–N with tert-alkyl or cyclic N) is 1. The predicted molar refractivity (Wildman–Crippen MR) is 66.7 cm³/mol. The second kappa shape index (κ2) is 4.94. The number of carbonyl (C=O) groups is 1. The maximum absolute atomic E-state index is 13.9. The minimum Gasteiger partial charge on any atom is -0.399 e. The van der Waals surface area contributed by atoms with E-state index in [0.717, 1.165) is 6.42 Å². The molecular weight excluding hydrogens is 235 g/mol. The molecule has 1 aliphatic rings. The molecule has 18 heavy (non-hydrogen) atoms. The average Bonchev–Trinajstić information content (AvgIpc) is 2.33. The quantitative estimate of drug-likeness (QED) is 0.741. The first-order valence-electron chi connectivity index (χ1n) is 6.02. The van der Waals surface area contributed by atoms with Gasteiger partial charge in [-0.1, -0.05) is 0 Å². The Morgan fingerprint density at radius 3 is 2.94 bits per heavy atom. The third-order valence-electron chi connectivity index (χ3n) is 3.19. The number of aliphatic hydroxyl groups is 1. The third kappa shape index (κ3) is 2.46. The maximum atomic E-state index is 13.9. The number of benzene rings is 1. The Kier molecular flexibility index (Phi) is 3.52. The van der Waals surface area contributed by atoms with Gasteiger partial charge >= 0.3 is 0 Å². The van der Waals surface area contributed by atoms with Gasteiger partial charge in [0.15, 0.2) is 0 Å². The van der Waals surface area contributed by atoms with Gasteiger partial charge in [-0.25, -0.2) is 4.39 Å². The molecule has 1 fully saturated rings. The van der Waals surface area contributed by atoms with Crippen LogP contribution in [0.1, 0.15) is 28.8 Å². The molecule has 4 nitrogen and oxygen atoms in total. The standard InChI is InChI=1S/C13H17FN2O2/c1-8-5-9(15)6-11(12(8)14)13(18)16-4-2-3-10(17)7-16/h5-6,10,17H,2-4,7,15H2,1H3. The normalized spacial score (nSPS) is 19.9. The van der Waals surface area contributed by atoms with Gasteiger partial charge in [0.05, 0.1) is 11.7 Å². The molecule has 0 spiro atoms. The number of carbonyl (C=O) groups excluding carboxylic acids is 1. The fraction of sp³-hybridized carbons (Fsp3) is 0.462. The van der Waals surface area contributed by atoms with Crippen LogP contribution in [0.3, 0.4) is 0 Å². The number of nitrogens with zero attached hydrogens (tertiary/aromatic N) is 1. The van der Waals surface area contributed by atoms with Crippen molar-refractivity contribution in [3.8, 4) is 0 Å². The van der Waals surface area contributed by atoms with E-state index in [0.29, 0.717) is 24.2 Å². The zero-order valence-corrected chi connectivity index (χ0v) is 10.3. The van der Waals surface area contributed by atoms with E-state index in [-0.39, 0.29) is 12.1 Å². The first-order valence-corrected chi connectivity index (χ1v) is 6.02. The molecule has 5 heteroatoms. The summed E-state index contributed by atoms with van der Waals surface area (Å²) < 4.78 is 13.9. The van der Waals surface area contributed by atoms with Gasteiger partial charge in [-0.05, 0) is 37.5 Å². The molecule has 1 aliphatic heterocycles. The number of piperidine rings is 1. The SMILES string of the molecule is Cc1cc(N)cc(C(=O)N2CCCC(O)C2)c1F. The van der Waals surface area contributed by atoms with Crippen molar-refractivity contribution >= 4 is 11.6 Å². The molecule has 1 atom stereocenters. The molecule has 1 heterocycles. The molecular formula is C13H17FN2O2. The summed E-state index contributed by atoms with van der Waals surface area (Å²) in [6.07, 6.45) is 0.894. The number of hydrogen-bond acceptors (Lipinski definition) is 3. The van der Waals surface area contributed by atoms with Crippen molar-refractivity contribution < 1.29 is 14.3 Å². The van der Waals surface area contributed by atoms with Crippen molar-refractivity contribution in [1.82, 2.24) is 4.90 Å². The van der Waals surface area contributed by atoms with E-state index in [1.165, 1.54) is 17.0 Å². The van der Waals surface area contributed by atoms with Gasteiger partial charge in [0.1, 0.15) is 5.82 Å². The summed E-state index contributed by atoms with van der Waals surface area (Å²) in [6.45, 7) is 2.38. The monoisotopic (exact) mass is 252 g/mol. The number of rotatable bonds is 1. The highest BCUT2D eigenvalue weighted by atomic mass is 19.1. The molecule has 98 valence electrons. The summed E-state index contributed by atoms with van der Waals surface area (Å²) in [5.74, 6) is -0.934. The molecule has 1 aromatic rings. The van der Waals surface area contributed by atoms with E-state index in [1.54, 1.807) is 6.92 Å². The van der Waals surface area contributed by atoms with Gasteiger partial charge in [0.25, 0.3) is 5.91 Å². The van der Waals surface area contributed by atoms with E-state index < -0.39 is 17.8 Å². The Morgan fingerprint density at radius 2 is 2.28 bits per heavy atom. The molecule has 1 unspecified atom stereocenters. The van der Waals surface area contributed by atoms with Crippen LogP contribution in [0.2, 0.25) is 0 Å². The fourth-order valence-corrected chi connectivity index (χ4v) is 2.26. The van der Waals surface area contributed by atoms with Crippen LogP contribution in [0.25, 0.3) is 0 Å². The number of anilines is 1. The van der Waals surface area contributed by atoms with Crippen LogP contribution in [0.4, 0.5) is 10.1 Å². The summed E-state index contributed by atoms with van der Waals surface area (Å²) in [7, 11) is 0. The molecule has 0 bridgehead atoms. The highest BCUT2D eigenvalue weighted by molar-refractivity contribution is 5.95. The minimum atomic E-state index is -0.533. The molecule has 0 aliphatic carbocycles. The van der Waals surface area contributed by atoms with Crippen molar-refractivity contribution in [2.24, 2.45) is 0 Å². The molecule has 3 N–H and O–H groups in total. The largest absolute Gasteiger partial charge is 0.399 e.